The van der Waals surface area contributed by atoms with Gasteiger partial charge >= 0.3 is 0 Å². The molecule has 0 aliphatic carbocycles. The van der Waals surface area contributed by atoms with E-state index in [0.717, 1.165) is 16.0 Å². The zero-order chi connectivity index (χ0) is 20.4. The van der Waals surface area contributed by atoms with Crippen LogP contribution in [0.3, 0.4) is 0 Å². The lowest BCUT2D eigenvalue weighted by molar-refractivity contribution is -0.119. The summed E-state index contributed by atoms with van der Waals surface area (Å²) in [5, 5.41) is 8.16. The van der Waals surface area contributed by atoms with Gasteiger partial charge in [0.2, 0.25) is 5.91 Å². The van der Waals surface area contributed by atoms with Crippen molar-refractivity contribution >= 4 is 50.6 Å². The first-order chi connectivity index (χ1) is 14.0. The Morgan fingerprint density at radius 3 is 2.72 bits per heavy atom. The quantitative estimate of drug-likeness (QED) is 0.348. The summed E-state index contributed by atoms with van der Waals surface area (Å²) in [4.78, 5) is 31.7. The third kappa shape index (κ3) is 4.14. The van der Waals surface area contributed by atoms with E-state index in [-0.39, 0.29) is 23.3 Å². The van der Waals surface area contributed by atoms with E-state index in [1.807, 2.05) is 60.1 Å². The van der Waals surface area contributed by atoms with Gasteiger partial charge in [-0.3, -0.25) is 14.2 Å². The van der Waals surface area contributed by atoms with E-state index < -0.39 is 0 Å². The van der Waals surface area contributed by atoms with Crippen LogP contribution in [-0.2, 0) is 11.8 Å². The van der Waals surface area contributed by atoms with Crippen molar-refractivity contribution in [2.45, 2.75) is 18.1 Å². The maximum Gasteiger partial charge on any atom is 0.263 e. The number of benzene rings is 1. The molecule has 1 atom stereocenters. The highest BCUT2D eigenvalue weighted by atomic mass is 32.2. The number of fused-ring (bicyclic) bond motifs is 1. The van der Waals surface area contributed by atoms with Gasteiger partial charge in [-0.05, 0) is 23.9 Å². The van der Waals surface area contributed by atoms with Gasteiger partial charge in [-0.15, -0.1) is 22.7 Å². The van der Waals surface area contributed by atoms with E-state index in [1.165, 1.54) is 27.7 Å². The molecule has 0 radical (unpaired) electrons. The Morgan fingerprint density at radius 1 is 1.21 bits per heavy atom. The highest BCUT2D eigenvalue weighted by Crippen LogP contribution is 2.34. The van der Waals surface area contributed by atoms with Gasteiger partial charge in [-0.25, -0.2) is 4.98 Å². The Labute approximate surface area is 180 Å². The van der Waals surface area contributed by atoms with Crippen molar-refractivity contribution < 1.29 is 4.79 Å². The lowest BCUT2D eigenvalue weighted by atomic mass is 10.1. The predicted molar refractivity (Wildman–Crippen MR) is 122 cm³/mol. The van der Waals surface area contributed by atoms with Crippen LogP contribution in [0.15, 0.2) is 63.2 Å². The monoisotopic (exact) mass is 441 g/mol. The summed E-state index contributed by atoms with van der Waals surface area (Å²) in [5.41, 5.74) is 1.90. The summed E-state index contributed by atoms with van der Waals surface area (Å²) < 4.78 is 1.53. The third-order valence-electron chi connectivity index (χ3n) is 4.57. The Bertz CT molecular complexity index is 1200. The number of amides is 1. The fourth-order valence-corrected chi connectivity index (χ4v) is 5.62. The van der Waals surface area contributed by atoms with Gasteiger partial charge in [-0.2, -0.15) is 0 Å². The number of carbonyl (C=O) groups is 1. The van der Waals surface area contributed by atoms with Crippen LogP contribution < -0.4 is 10.9 Å². The molecule has 0 bridgehead atoms. The van der Waals surface area contributed by atoms with Crippen LogP contribution in [0.2, 0.25) is 0 Å². The number of carbonyl (C=O) groups excluding carboxylic acids is 1. The molecule has 0 saturated carbocycles. The number of thiophene rings is 2. The molecule has 3 heterocycles. The summed E-state index contributed by atoms with van der Waals surface area (Å²) in [5.74, 6) is 0.109. The Kier molecular flexibility index (Phi) is 5.84. The SMILES string of the molecule is CC(NC(=O)CSc1nc2scc(-c3cccs3)c2c(=O)n1C)c1ccccc1. The molecular weight excluding hydrogens is 422 g/mol. The summed E-state index contributed by atoms with van der Waals surface area (Å²) in [7, 11) is 1.71. The molecule has 1 amide bonds. The molecular formula is C21H19N3O2S3. The molecule has 148 valence electrons. The minimum Gasteiger partial charge on any atom is -0.349 e. The maximum atomic E-state index is 13.0. The molecule has 8 heteroatoms. The van der Waals surface area contributed by atoms with Gasteiger partial charge in [0.1, 0.15) is 4.83 Å². The van der Waals surface area contributed by atoms with Crippen molar-refractivity contribution in [1.29, 1.82) is 0 Å². The summed E-state index contributed by atoms with van der Waals surface area (Å²) >= 11 is 4.34. The van der Waals surface area contributed by atoms with Crippen molar-refractivity contribution in [2.24, 2.45) is 7.05 Å². The van der Waals surface area contributed by atoms with Crippen molar-refractivity contribution in [2.75, 3.05) is 5.75 Å². The number of hydrogen-bond donors (Lipinski definition) is 1. The lowest BCUT2D eigenvalue weighted by Gasteiger charge is -2.14. The fourth-order valence-electron chi connectivity index (χ4n) is 3.03. The smallest absolute Gasteiger partial charge is 0.263 e. The number of nitrogens with one attached hydrogen (secondary N) is 1. The van der Waals surface area contributed by atoms with Crippen LogP contribution in [0.1, 0.15) is 18.5 Å². The minimum absolute atomic E-state index is 0.0748. The number of aromatic nitrogens is 2. The first kappa shape index (κ1) is 19.9. The maximum absolute atomic E-state index is 13.0. The Balaban J connectivity index is 1.51. The normalized spacial score (nSPS) is 12.2. The predicted octanol–water partition coefficient (Wildman–Crippen LogP) is 4.69. The zero-order valence-electron chi connectivity index (χ0n) is 15.9. The molecule has 0 saturated heterocycles. The highest BCUT2D eigenvalue weighted by Gasteiger charge is 2.17. The Morgan fingerprint density at radius 2 is 2.00 bits per heavy atom. The van der Waals surface area contributed by atoms with Crippen LogP contribution in [0.5, 0.6) is 0 Å². The van der Waals surface area contributed by atoms with Gasteiger partial charge < -0.3 is 5.32 Å². The van der Waals surface area contributed by atoms with Crippen LogP contribution >= 0.6 is 34.4 Å². The largest absolute Gasteiger partial charge is 0.349 e. The standard InChI is InChI=1S/C21H19N3O2S3/c1-13(14-7-4-3-5-8-14)22-17(25)12-29-21-23-19-18(20(26)24(21)2)15(11-28-19)16-9-6-10-27-16/h3-11,13H,12H2,1-2H3,(H,22,25). The third-order valence-corrected chi connectivity index (χ3v) is 7.38. The molecule has 5 nitrogen and oxygen atoms in total. The van der Waals surface area contributed by atoms with Crippen LogP contribution in [-0.4, -0.2) is 21.2 Å². The van der Waals surface area contributed by atoms with Gasteiger partial charge in [-0.1, -0.05) is 48.2 Å². The van der Waals surface area contributed by atoms with Gasteiger partial charge in [0.25, 0.3) is 5.56 Å². The van der Waals surface area contributed by atoms with Crippen LogP contribution in [0.4, 0.5) is 0 Å². The van der Waals surface area contributed by atoms with E-state index in [9.17, 15) is 9.59 Å². The molecule has 4 aromatic rings. The molecule has 0 aliphatic rings. The van der Waals surface area contributed by atoms with Gasteiger partial charge in [0.05, 0.1) is 17.2 Å². The number of thioether (sulfide) groups is 1. The van der Waals surface area contributed by atoms with Crippen molar-refractivity contribution in [3.05, 3.63) is 69.1 Å². The number of hydrogen-bond acceptors (Lipinski definition) is 6. The second kappa shape index (κ2) is 8.52. The van der Waals surface area contributed by atoms with Gasteiger partial charge in [0.15, 0.2) is 5.16 Å². The molecule has 1 N–H and O–H groups in total. The summed E-state index contributed by atoms with van der Waals surface area (Å²) in [6, 6.07) is 13.7. The average molecular weight is 442 g/mol. The van der Waals surface area contributed by atoms with E-state index >= 15 is 0 Å². The molecule has 0 fully saturated rings. The van der Waals surface area contributed by atoms with Crippen molar-refractivity contribution in [3.63, 3.8) is 0 Å². The Hall–Kier alpha value is -2.42. The molecule has 0 spiro atoms. The van der Waals surface area contributed by atoms with E-state index in [2.05, 4.69) is 10.3 Å². The molecule has 3 aromatic heterocycles. The first-order valence-corrected chi connectivity index (χ1v) is 11.8. The molecule has 1 unspecified atom stereocenters. The van der Waals surface area contributed by atoms with Gasteiger partial charge in [0, 0.05) is 22.9 Å². The molecule has 29 heavy (non-hydrogen) atoms. The molecule has 1 aromatic carbocycles. The summed E-state index contributed by atoms with van der Waals surface area (Å²) in [6.45, 7) is 1.95. The average Bonchev–Trinajstić information content (AvgIpc) is 3.40. The summed E-state index contributed by atoms with van der Waals surface area (Å²) in [6.07, 6.45) is 0. The van der Waals surface area contributed by atoms with Crippen molar-refractivity contribution in [3.8, 4) is 10.4 Å². The van der Waals surface area contributed by atoms with Crippen molar-refractivity contribution in [1.82, 2.24) is 14.9 Å². The highest BCUT2D eigenvalue weighted by molar-refractivity contribution is 7.99. The van der Waals surface area contributed by atoms with Crippen LogP contribution in [0.25, 0.3) is 20.7 Å². The lowest BCUT2D eigenvalue weighted by Crippen LogP contribution is -2.28. The fraction of sp³-hybridized carbons (Fsp3) is 0.190. The van der Waals surface area contributed by atoms with Crippen LogP contribution in [0, 0.1) is 0 Å². The van der Waals surface area contributed by atoms with E-state index in [0.29, 0.717) is 15.4 Å². The number of nitrogens with zero attached hydrogens (tertiary/aromatic N) is 2. The topological polar surface area (TPSA) is 64.0 Å². The molecule has 4 rings (SSSR count). The first-order valence-electron chi connectivity index (χ1n) is 9.04. The van der Waals surface area contributed by atoms with E-state index in [1.54, 1.807) is 18.4 Å². The minimum atomic E-state index is -0.0915. The number of rotatable bonds is 6. The molecule has 0 aliphatic heterocycles. The zero-order valence-corrected chi connectivity index (χ0v) is 18.4. The second-order valence-electron chi connectivity index (χ2n) is 6.55. The second-order valence-corrected chi connectivity index (χ2v) is 9.30. The van der Waals surface area contributed by atoms with E-state index in [4.69, 9.17) is 0 Å².